The van der Waals surface area contributed by atoms with E-state index < -0.39 is 17.5 Å². The Morgan fingerprint density at radius 3 is 2.63 bits per heavy atom. The van der Waals surface area contributed by atoms with E-state index in [1.807, 2.05) is 44.2 Å². The van der Waals surface area contributed by atoms with Crippen molar-refractivity contribution in [2.75, 3.05) is 13.2 Å². The number of nitrogens with zero attached hydrogens (tertiary/aromatic N) is 2. The minimum Gasteiger partial charge on any atom is -0.454 e. The van der Waals surface area contributed by atoms with Crippen LogP contribution in [0.1, 0.15) is 44.9 Å². The van der Waals surface area contributed by atoms with E-state index in [1.165, 1.54) is 30.0 Å². The second kappa shape index (κ2) is 10.9. The van der Waals surface area contributed by atoms with Crippen molar-refractivity contribution >= 4 is 29.2 Å². The van der Waals surface area contributed by atoms with Crippen molar-refractivity contribution in [3.05, 3.63) is 87.2 Å². The molecule has 0 radical (unpaired) electrons. The normalized spacial score (nSPS) is 15.2. The molecule has 1 saturated heterocycles. The van der Waals surface area contributed by atoms with Crippen molar-refractivity contribution in [2.24, 2.45) is 0 Å². The van der Waals surface area contributed by atoms with E-state index in [9.17, 15) is 19.7 Å². The highest BCUT2D eigenvalue weighted by atomic mass is 32.2. The van der Waals surface area contributed by atoms with E-state index in [1.54, 1.807) is 6.07 Å². The first-order valence-corrected chi connectivity index (χ1v) is 12.1. The molecule has 182 valence electrons. The summed E-state index contributed by atoms with van der Waals surface area (Å²) in [6.45, 7) is 4.79. The summed E-state index contributed by atoms with van der Waals surface area (Å²) in [6, 6.07) is 15.2. The lowest BCUT2D eigenvalue weighted by Crippen LogP contribution is -2.18. The largest absolute Gasteiger partial charge is 0.454 e. The third-order valence-electron chi connectivity index (χ3n) is 5.98. The van der Waals surface area contributed by atoms with Crippen LogP contribution in [-0.2, 0) is 16.0 Å². The molecule has 0 unspecified atom stereocenters. The molecule has 9 heteroatoms. The average Bonchev–Trinajstić information content (AvgIpc) is 3.47. The van der Waals surface area contributed by atoms with Crippen molar-refractivity contribution in [3.8, 4) is 0 Å². The Morgan fingerprint density at radius 2 is 1.94 bits per heavy atom. The zero-order valence-electron chi connectivity index (χ0n) is 19.6. The summed E-state index contributed by atoms with van der Waals surface area (Å²) >= 11 is 1.24. The lowest BCUT2D eigenvalue weighted by atomic mass is 10.1. The van der Waals surface area contributed by atoms with Gasteiger partial charge in [0.15, 0.2) is 6.61 Å². The van der Waals surface area contributed by atoms with Gasteiger partial charge < -0.3 is 14.0 Å². The highest BCUT2D eigenvalue weighted by Gasteiger charge is 2.23. The Kier molecular flexibility index (Phi) is 7.67. The van der Waals surface area contributed by atoms with E-state index >= 15 is 0 Å². The van der Waals surface area contributed by atoms with Crippen molar-refractivity contribution in [1.82, 2.24) is 4.57 Å². The molecule has 1 aliphatic rings. The number of carbonyl (C=O) groups excluding carboxylic acids is 2. The first kappa shape index (κ1) is 24.7. The molecule has 35 heavy (non-hydrogen) atoms. The van der Waals surface area contributed by atoms with Crippen LogP contribution in [-0.4, -0.2) is 40.6 Å². The van der Waals surface area contributed by atoms with Crippen LogP contribution in [0.3, 0.4) is 0 Å². The van der Waals surface area contributed by atoms with Crippen LogP contribution in [0.5, 0.6) is 0 Å². The van der Waals surface area contributed by atoms with Gasteiger partial charge in [-0.25, -0.2) is 4.79 Å². The van der Waals surface area contributed by atoms with Crippen molar-refractivity contribution in [1.29, 1.82) is 0 Å². The summed E-state index contributed by atoms with van der Waals surface area (Å²) in [5.74, 6) is -1.11. The molecule has 0 saturated carbocycles. The number of aromatic nitrogens is 1. The third kappa shape index (κ3) is 5.80. The zero-order chi connectivity index (χ0) is 24.9. The van der Waals surface area contributed by atoms with Gasteiger partial charge >= 0.3 is 5.97 Å². The zero-order valence-corrected chi connectivity index (χ0v) is 20.4. The van der Waals surface area contributed by atoms with Gasteiger partial charge in [-0.1, -0.05) is 30.0 Å². The number of Topliss-reactive ketones (excluding diaryl/α,β-unsaturated/α-hetero) is 1. The van der Waals surface area contributed by atoms with E-state index in [0.717, 1.165) is 35.7 Å². The SMILES string of the molecule is Cc1cc(C(=O)COC(=O)c2ccc(Sc3ccccc3)c([N+](=O)[O-])c2)c(C)n1C[C@@H]1CCCO1. The number of ether oxygens (including phenoxy) is 2. The van der Waals surface area contributed by atoms with Gasteiger partial charge in [0.2, 0.25) is 5.78 Å². The molecular weight excluding hydrogens is 468 g/mol. The van der Waals surface area contributed by atoms with Gasteiger partial charge in [0.05, 0.1) is 21.5 Å². The van der Waals surface area contributed by atoms with Gasteiger partial charge in [-0.15, -0.1) is 0 Å². The number of rotatable bonds is 9. The minimum absolute atomic E-state index is 0.0192. The lowest BCUT2D eigenvalue weighted by Gasteiger charge is -2.14. The summed E-state index contributed by atoms with van der Waals surface area (Å²) in [7, 11) is 0. The first-order chi connectivity index (χ1) is 16.8. The number of ketones is 1. The van der Waals surface area contributed by atoms with E-state index in [0.29, 0.717) is 17.0 Å². The molecule has 4 rings (SSSR count). The summed E-state index contributed by atoms with van der Waals surface area (Å²) in [5.41, 5.74) is 2.06. The van der Waals surface area contributed by atoms with Gasteiger partial charge in [0.1, 0.15) is 0 Å². The predicted molar refractivity (Wildman–Crippen MR) is 131 cm³/mol. The fraction of sp³-hybridized carbons (Fsp3) is 0.308. The van der Waals surface area contributed by atoms with Gasteiger partial charge in [0.25, 0.3) is 5.69 Å². The van der Waals surface area contributed by atoms with Gasteiger partial charge in [0, 0.05) is 41.1 Å². The van der Waals surface area contributed by atoms with Crippen LogP contribution in [0.2, 0.25) is 0 Å². The Hall–Kier alpha value is -3.43. The summed E-state index contributed by atoms with van der Waals surface area (Å²) in [6.07, 6.45) is 2.17. The van der Waals surface area contributed by atoms with Crippen LogP contribution < -0.4 is 0 Å². The Labute approximate surface area is 207 Å². The molecule has 8 nitrogen and oxygen atoms in total. The summed E-state index contributed by atoms with van der Waals surface area (Å²) < 4.78 is 13.0. The fourth-order valence-electron chi connectivity index (χ4n) is 4.14. The number of hydrogen-bond donors (Lipinski definition) is 0. The molecule has 0 bridgehead atoms. The second-order valence-electron chi connectivity index (χ2n) is 8.38. The molecule has 1 atom stereocenters. The molecule has 2 heterocycles. The van der Waals surface area contributed by atoms with Crippen LogP contribution in [0, 0.1) is 24.0 Å². The van der Waals surface area contributed by atoms with Crippen LogP contribution in [0.15, 0.2) is 64.4 Å². The maximum absolute atomic E-state index is 12.8. The highest BCUT2D eigenvalue weighted by molar-refractivity contribution is 7.99. The molecule has 2 aromatic carbocycles. The predicted octanol–water partition coefficient (Wildman–Crippen LogP) is 5.38. The Bertz CT molecular complexity index is 1250. The molecule has 0 amide bonds. The molecule has 0 N–H and O–H groups in total. The number of nitro benzene ring substituents is 1. The van der Waals surface area contributed by atoms with E-state index in [4.69, 9.17) is 9.47 Å². The third-order valence-corrected chi connectivity index (χ3v) is 7.05. The quantitative estimate of drug-likeness (QED) is 0.170. The average molecular weight is 495 g/mol. The molecule has 1 aliphatic heterocycles. The summed E-state index contributed by atoms with van der Waals surface area (Å²) in [5, 5.41) is 11.6. The van der Waals surface area contributed by atoms with Crippen LogP contribution in [0.25, 0.3) is 0 Å². The molecule has 1 aromatic heterocycles. The Balaban J connectivity index is 1.43. The topological polar surface area (TPSA) is 101 Å². The van der Waals surface area contributed by atoms with Gasteiger partial charge in [-0.2, -0.15) is 0 Å². The van der Waals surface area contributed by atoms with Gasteiger partial charge in [-0.05, 0) is 57.0 Å². The lowest BCUT2D eigenvalue weighted by molar-refractivity contribution is -0.387. The van der Waals surface area contributed by atoms with Crippen LogP contribution in [0.4, 0.5) is 5.69 Å². The standard InChI is InChI=1S/C26H26N2O6S/c1-17-13-22(18(2)27(17)15-20-7-6-12-33-20)24(29)16-34-26(30)19-10-11-25(23(14-19)28(31)32)35-21-8-4-3-5-9-21/h3-5,8-11,13-14,20H,6-7,12,15-16H2,1-2H3/t20-/m0/s1. The van der Waals surface area contributed by atoms with Crippen molar-refractivity contribution in [3.63, 3.8) is 0 Å². The second-order valence-corrected chi connectivity index (χ2v) is 9.50. The monoisotopic (exact) mass is 494 g/mol. The maximum Gasteiger partial charge on any atom is 0.338 e. The molecule has 1 fully saturated rings. The summed E-state index contributed by atoms with van der Waals surface area (Å²) in [4.78, 5) is 37.7. The highest BCUT2D eigenvalue weighted by Crippen LogP contribution is 2.35. The Morgan fingerprint density at radius 1 is 1.17 bits per heavy atom. The maximum atomic E-state index is 12.8. The molecular formula is C26H26N2O6S. The fourth-order valence-corrected chi connectivity index (χ4v) is 5.06. The first-order valence-electron chi connectivity index (χ1n) is 11.3. The number of aryl methyl sites for hydroxylation is 1. The van der Waals surface area contributed by atoms with E-state index in [-0.39, 0.29) is 23.1 Å². The number of benzene rings is 2. The van der Waals surface area contributed by atoms with Gasteiger partial charge in [-0.3, -0.25) is 14.9 Å². The number of hydrogen-bond acceptors (Lipinski definition) is 7. The van der Waals surface area contributed by atoms with Crippen molar-refractivity contribution in [2.45, 2.75) is 49.1 Å². The van der Waals surface area contributed by atoms with E-state index in [2.05, 4.69) is 4.57 Å². The smallest absolute Gasteiger partial charge is 0.338 e. The number of esters is 1. The molecule has 0 spiro atoms. The van der Waals surface area contributed by atoms with Crippen LogP contribution >= 0.6 is 11.8 Å². The minimum atomic E-state index is -0.786. The number of carbonyl (C=O) groups is 2. The number of nitro groups is 1. The molecule has 0 aliphatic carbocycles. The molecule has 3 aromatic rings. The van der Waals surface area contributed by atoms with Crippen molar-refractivity contribution < 1.29 is 24.0 Å².